The molecular formula is C48H30N4. The second kappa shape index (κ2) is 9.93. The molecule has 0 aliphatic rings. The molecule has 2 aromatic heterocycles. The Hall–Kier alpha value is -6.78. The first-order chi connectivity index (χ1) is 25.6. The molecule has 0 bridgehead atoms. The minimum atomic E-state index is 0.984. The van der Waals surface area contributed by atoms with Crippen LogP contribution in [-0.2, 0) is 0 Å². The highest BCUT2D eigenvalue weighted by Crippen LogP contribution is 2.43. The molecule has 0 N–H and O–H groups in total. The fourth-order valence-corrected chi connectivity index (χ4v) is 9.28. The summed E-state index contributed by atoms with van der Waals surface area (Å²) in [7, 11) is 0. The van der Waals surface area contributed by atoms with E-state index in [2.05, 4.69) is 169 Å². The summed E-state index contributed by atoms with van der Waals surface area (Å²) in [6.45, 7) is 4.23. The van der Waals surface area contributed by atoms with Gasteiger partial charge in [-0.3, -0.25) is 9.13 Å². The van der Waals surface area contributed by atoms with Crippen molar-refractivity contribution in [2.45, 2.75) is 13.8 Å². The minimum absolute atomic E-state index is 0.984. The van der Waals surface area contributed by atoms with E-state index in [9.17, 15) is 0 Å². The Morgan fingerprint density at radius 3 is 1.04 bits per heavy atom. The number of aryl methyl sites for hydroxylation is 2. The molecule has 4 nitrogen and oxygen atoms in total. The van der Waals surface area contributed by atoms with Crippen molar-refractivity contribution in [2.75, 3.05) is 0 Å². The number of benzene rings is 10. The van der Waals surface area contributed by atoms with E-state index < -0.39 is 0 Å². The van der Waals surface area contributed by atoms with Crippen molar-refractivity contribution >= 4 is 86.7 Å². The summed E-state index contributed by atoms with van der Waals surface area (Å²) in [6, 6.07) is 53.2. The van der Waals surface area contributed by atoms with Crippen molar-refractivity contribution in [2.24, 2.45) is 0 Å². The molecule has 12 rings (SSSR count). The summed E-state index contributed by atoms with van der Waals surface area (Å²) in [6.07, 6.45) is 0. The van der Waals surface area contributed by atoms with E-state index in [4.69, 9.17) is 9.97 Å². The zero-order chi connectivity index (χ0) is 34.2. The molecule has 52 heavy (non-hydrogen) atoms. The Morgan fingerprint density at radius 1 is 0.346 bits per heavy atom. The van der Waals surface area contributed by atoms with Gasteiger partial charge in [0.15, 0.2) is 0 Å². The average molecular weight is 663 g/mol. The van der Waals surface area contributed by atoms with Gasteiger partial charge in [-0.25, -0.2) is 9.97 Å². The molecule has 0 atom stereocenters. The molecule has 0 amide bonds. The first-order valence-corrected chi connectivity index (χ1v) is 17.9. The maximum absolute atomic E-state index is 5.18. The highest BCUT2D eigenvalue weighted by atomic mass is 15.1. The monoisotopic (exact) mass is 662 g/mol. The number of aromatic nitrogens is 4. The maximum atomic E-state index is 5.18. The van der Waals surface area contributed by atoms with Crippen LogP contribution in [-0.4, -0.2) is 19.1 Å². The van der Waals surface area contributed by atoms with Gasteiger partial charge in [0.05, 0.1) is 22.1 Å². The molecule has 0 radical (unpaired) electrons. The van der Waals surface area contributed by atoms with Crippen LogP contribution in [0, 0.1) is 13.8 Å². The highest BCUT2D eigenvalue weighted by molar-refractivity contribution is 6.33. The first kappa shape index (κ1) is 28.0. The molecule has 4 heteroatoms. The molecule has 0 fully saturated rings. The third kappa shape index (κ3) is 3.55. The van der Waals surface area contributed by atoms with Crippen LogP contribution in [0.5, 0.6) is 0 Å². The number of hydrogen-bond donors (Lipinski definition) is 0. The van der Waals surface area contributed by atoms with Crippen LogP contribution >= 0.6 is 0 Å². The topological polar surface area (TPSA) is 35.6 Å². The third-order valence-electron chi connectivity index (χ3n) is 11.5. The second-order valence-corrected chi connectivity index (χ2v) is 14.2. The van der Waals surface area contributed by atoms with Gasteiger partial charge in [0.2, 0.25) is 0 Å². The molecule has 12 aromatic rings. The lowest BCUT2D eigenvalue weighted by atomic mass is 9.93. The summed E-state index contributed by atoms with van der Waals surface area (Å²) in [5.41, 5.74) is 9.02. The number of rotatable bonds is 3. The number of nitrogens with zero attached hydrogens (tertiary/aromatic N) is 4. The van der Waals surface area contributed by atoms with Crippen molar-refractivity contribution in [3.05, 3.63) is 157 Å². The molecule has 0 unspecified atom stereocenters. The van der Waals surface area contributed by atoms with Crippen LogP contribution in [0.4, 0.5) is 0 Å². The summed E-state index contributed by atoms with van der Waals surface area (Å²) in [5, 5.41) is 15.2. The standard InChI is InChI=1S/C48H30N4/c1-27-49-45-37-11-3-7-31-15-17-33-9-5-13-39(43(33)41(31)37)47(45)51(27)35-23-19-29(20-24-35)30-21-25-36(26-22-30)52-28(2)50-46-38-12-4-8-32-16-18-34-10-6-14-40(48(46)52)44(34)42(32)38/h3-26H,1-2H3. The van der Waals surface area contributed by atoms with Gasteiger partial charge >= 0.3 is 0 Å². The lowest BCUT2D eigenvalue weighted by Gasteiger charge is -2.15. The molecular weight excluding hydrogens is 633 g/mol. The van der Waals surface area contributed by atoms with E-state index in [1.54, 1.807) is 0 Å². The Balaban J connectivity index is 0.978. The Kier molecular flexibility index (Phi) is 5.34. The normalized spacial score (nSPS) is 12.4. The summed E-state index contributed by atoms with van der Waals surface area (Å²) < 4.78 is 4.66. The molecule has 0 aliphatic heterocycles. The van der Waals surface area contributed by atoms with Gasteiger partial charge < -0.3 is 0 Å². The molecule has 0 saturated heterocycles. The van der Waals surface area contributed by atoms with E-state index in [1.165, 1.54) is 86.8 Å². The van der Waals surface area contributed by atoms with Crippen molar-refractivity contribution in [3.8, 4) is 22.5 Å². The Bertz CT molecular complexity index is 3170. The van der Waals surface area contributed by atoms with E-state index in [0.717, 1.165) is 34.1 Å². The van der Waals surface area contributed by atoms with Gasteiger partial charge in [-0.1, -0.05) is 121 Å². The lowest BCUT2D eigenvalue weighted by molar-refractivity contribution is 1.00. The quantitative estimate of drug-likeness (QED) is 0.177. The summed E-state index contributed by atoms with van der Waals surface area (Å²) in [5.74, 6) is 1.97. The Labute approximate surface area is 298 Å². The zero-order valence-corrected chi connectivity index (χ0v) is 28.6. The fourth-order valence-electron chi connectivity index (χ4n) is 9.28. The van der Waals surface area contributed by atoms with E-state index in [-0.39, 0.29) is 0 Å². The summed E-state index contributed by atoms with van der Waals surface area (Å²) >= 11 is 0. The highest BCUT2D eigenvalue weighted by Gasteiger charge is 2.21. The molecule has 0 saturated carbocycles. The number of hydrogen-bond acceptors (Lipinski definition) is 2. The number of imidazole rings is 2. The molecule has 0 aliphatic carbocycles. The number of fused-ring (bicyclic) bond motifs is 6. The predicted molar refractivity (Wildman–Crippen MR) is 218 cm³/mol. The predicted octanol–water partition coefficient (Wildman–Crippen LogP) is 12.4. The fraction of sp³-hybridized carbons (Fsp3) is 0.0417. The van der Waals surface area contributed by atoms with Gasteiger partial charge in [0.25, 0.3) is 0 Å². The largest absolute Gasteiger partial charge is 0.296 e. The van der Waals surface area contributed by atoms with E-state index >= 15 is 0 Å². The van der Waals surface area contributed by atoms with Crippen LogP contribution in [0.2, 0.25) is 0 Å². The maximum Gasteiger partial charge on any atom is 0.111 e. The smallest absolute Gasteiger partial charge is 0.111 e. The van der Waals surface area contributed by atoms with Gasteiger partial charge in [-0.05, 0) is 92.3 Å². The molecule has 10 aromatic carbocycles. The average Bonchev–Trinajstić information content (AvgIpc) is 3.73. The molecule has 242 valence electrons. The first-order valence-electron chi connectivity index (χ1n) is 17.9. The zero-order valence-electron chi connectivity index (χ0n) is 28.6. The molecule has 2 heterocycles. The van der Waals surface area contributed by atoms with Gasteiger partial charge in [0.1, 0.15) is 11.6 Å². The van der Waals surface area contributed by atoms with Gasteiger partial charge in [0, 0.05) is 32.9 Å². The van der Waals surface area contributed by atoms with Crippen LogP contribution in [0.25, 0.3) is 109 Å². The van der Waals surface area contributed by atoms with Crippen LogP contribution < -0.4 is 0 Å². The van der Waals surface area contributed by atoms with Crippen LogP contribution in [0.3, 0.4) is 0 Å². The SMILES string of the molecule is Cc1nc2c3cccc4ccc5cccc(c5c43)c2n1-c1ccc(-c2ccc(-n3c(C)nc4c5cccc6ccc7cccc(c7c65)c43)cc2)cc1. The van der Waals surface area contributed by atoms with E-state index in [1.807, 2.05) is 0 Å². The van der Waals surface area contributed by atoms with Crippen molar-refractivity contribution in [1.82, 2.24) is 19.1 Å². The van der Waals surface area contributed by atoms with Crippen molar-refractivity contribution < 1.29 is 0 Å². The minimum Gasteiger partial charge on any atom is -0.296 e. The Morgan fingerprint density at radius 2 is 0.673 bits per heavy atom. The van der Waals surface area contributed by atoms with E-state index in [0.29, 0.717) is 0 Å². The molecule has 0 spiro atoms. The third-order valence-corrected chi connectivity index (χ3v) is 11.5. The van der Waals surface area contributed by atoms with Gasteiger partial charge in [-0.15, -0.1) is 0 Å². The summed E-state index contributed by atoms with van der Waals surface area (Å²) in [4.78, 5) is 10.4. The lowest BCUT2D eigenvalue weighted by Crippen LogP contribution is -1.98. The van der Waals surface area contributed by atoms with Gasteiger partial charge in [-0.2, -0.15) is 0 Å². The van der Waals surface area contributed by atoms with Crippen molar-refractivity contribution in [1.29, 1.82) is 0 Å². The van der Waals surface area contributed by atoms with Crippen molar-refractivity contribution in [3.63, 3.8) is 0 Å². The van der Waals surface area contributed by atoms with Crippen LogP contribution in [0.1, 0.15) is 11.6 Å². The van der Waals surface area contributed by atoms with Crippen LogP contribution in [0.15, 0.2) is 146 Å². The second-order valence-electron chi connectivity index (χ2n) is 14.2.